The summed E-state index contributed by atoms with van der Waals surface area (Å²) in [5.74, 6) is 1.18. The second-order valence-electron chi connectivity index (χ2n) is 4.79. The number of piperidine rings is 1. The molecule has 0 aromatic heterocycles. The van der Waals surface area contributed by atoms with Crippen LogP contribution in [0.5, 0.6) is 5.75 Å². The van der Waals surface area contributed by atoms with Crippen molar-refractivity contribution < 1.29 is 9.53 Å². The van der Waals surface area contributed by atoms with Crippen LogP contribution in [0.15, 0.2) is 18.2 Å². The third-order valence-corrected chi connectivity index (χ3v) is 3.60. The highest BCUT2D eigenvalue weighted by Gasteiger charge is 2.23. The summed E-state index contributed by atoms with van der Waals surface area (Å²) in [7, 11) is 0. The molecule has 0 aliphatic carbocycles. The summed E-state index contributed by atoms with van der Waals surface area (Å²) in [5, 5.41) is 3.30. The Bertz CT molecular complexity index is 436. The number of rotatable bonds is 2. The van der Waals surface area contributed by atoms with Crippen LogP contribution >= 0.6 is 0 Å². The fourth-order valence-electron chi connectivity index (χ4n) is 2.62. The van der Waals surface area contributed by atoms with Crippen molar-refractivity contribution in [2.75, 3.05) is 13.2 Å². The van der Waals surface area contributed by atoms with Gasteiger partial charge in [0.15, 0.2) is 5.78 Å². The van der Waals surface area contributed by atoms with Gasteiger partial charge in [-0.3, -0.25) is 4.79 Å². The number of ether oxygens (including phenoxy) is 1. The Morgan fingerprint density at radius 3 is 3.12 bits per heavy atom. The topological polar surface area (TPSA) is 38.3 Å². The highest BCUT2D eigenvalue weighted by atomic mass is 16.5. The summed E-state index contributed by atoms with van der Waals surface area (Å²) in [6, 6.07) is 5.84. The second-order valence-corrected chi connectivity index (χ2v) is 4.79. The van der Waals surface area contributed by atoms with Crippen molar-refractivity contribution in [2.24, 2.45) is 0 Å². The molecule has 1 aromatic carbocycles. The Morgan fingerprint density at radius 1 is 1.35 bits per heavy atom. The Hall–Kier alpha value is -1.35. The quantitative estimate of drug-likeness (QED) is 0.791. The number of benzene rings is 1. The molecular formula is C14H17NO2. The summed E-state index contributed by atoms with van der Waals surface area (Å²) in [5.41, 5.74) is 2.00. The molecule has 0 saturated carbocycles. The van der Waals surface area contributed by atoms with Crippen molar-refractivity contribution >= 4 is 5.78 Å². The van der Waals surface area contributed by atoms with Gasteiger partial charge in [0.25, 0.3) is 0 Å². The number of hydrogen-bond donors (Lipinski definition) is 1. The Morgan fingerprint density at radius 2 is 2.29 bits per heavy atom. The van der Waals surface area contributed by atoms with E-state index in [0.717, 1.165) is 43.7 Å². The molecule has 1 aromatic rings. The monoisotopic (exact) mass is 231 g/mol. The number of fused-ring (bicyclic) bond motifs is 1. The van der Waals surface area contributed by atoms with E-state index in [1.54, 1.807) is 0 Å². The standard InChI is InChI=1S/C14H17NO2/c16-14(12-3-1-2-7-15-12)11-4-5-13-10(9-11)6-8-17-13/h4-5,9,12,15H,1-3,6-8H2. The smallest absolute Gasteiger partial charge is 0.179 e. The number of hydrogen-bond acceptors (Lipinski definition) is 3. The molecule has 3 rings (SSSR count). The molecule has 0 radical (unpaired) electrons. The summed E-state index contributed by atoms with van der Waals surface area (Å²) in [6.07, 6.45) is 4.22. The van der Waals surface area contributed by atoms with E-state index in [1.807, 2.05) is 18.2 Å². The van der Waals surface area contributed by atoms with Gasteiger partial charge in [0.05, 0.1) is 12.6 Å². The SMILES string of the molecule is O=C(c1ccc2c(c1)CCO2)C1CCCCN1. The Labute approximate surface area is 101 Å². The van der Waals surface area contributed by atoms with Crippen LogP contribution in [-0.2, 0) is 6.42 Å². The first-order valence-corrected chi connectivity index (χ1v) is 6.38. The molecular weight excluding hydrogens is 214 g/mol. The fourth-order valence-corrected chi connectivity index (χ4v) is 2.62. The molecule has 1 fully saturated rings. The maximum Gasteiger partial charge on any atom is 0.179 e. The zero-order chi connectivity index (χ0) is 11.7. The third kappa shape index (κ3) is 2.07. The minimum absolute atomic E-state index is 0.0177. The molecule has 0 bridgehead atoms. The highest BCUT2D eigenvalue weighted by Crippen LogP contribution is 2.26. The lowest BCUT2D eigenvalue weighted by molar-refractivity contribution is 0.0927. The molecule has 2 heterocycles. The van der Waals surface area contributed by atoms with E-state index in [9.17, 15) is 4.79 Å². The Kier molecular flexibility index (Phi) is 2.85. The summed E-state index contributed by atoms with van der Waals surface area (Å²) in [6.45, 7) is 1.71. The van der Waals surface area contributed by atoms with Crippen molar-refractivity contribution in [3.8, 4) is 5.75 Å². The van der Waals surface area contributed by atoms with Crippen LogP contribution in [0.25, 0.3) is 0 Å². The number of carbonyl (C=O) groups is 1. The lowest BCUT2D eigenvalue weighted by atomic mass is 9.95. The molecule has 1 unspecified atom stereocenters. The average molecular weight is 231 g/mol. The predicted molar refractivity (Wildman–Crippen MR) is 65.6 cm³/mol. The minimum Gasteiger partial charge on any atom is -0.493 e. The van der Waals surface area contributed by atoms with Crippen LogP contribution < -0.4 is 10.1 Å². The summed E-state index contributed by atoms with van der Waals surface area (Å²) in [4.78, 5) is 12.3. The third-order valence-electron chi connectivity index (χ3n) is 3.60. The Balaban J connectivity index is 1.81. The van der Waals surface area contributed by atoms with Gasteiger partial charge in [-0.1, -0.05) is 6.42 Å². The first kappa shape index (κ1) is 10.8. The van der Waals surface area contributed by atoms with Gasteiger partial charge in [0.2, 0.25) is 0 Å². The fraction of sp³-hybridized carbons (Fsp3) is 0.500. The molecule has 2 aliphatic heterocycles. The van der Waals surface area contributed by atoms with Crippen LogP contribution in [0.3, 0.4) is 0 Å². The van der Waals surface area contributed by atoms with Crippen LogP contribution in [0.4, 0.5) is 0 Å². The van der Waals surface area contributed by atoms with E-state index < -0.39 is 0 Å². The molecule has 17 heavy (non-hydrogen) atoms. The minimum atomic E-state index is 0.0177. The second kappa shape index (κ2) is 4.49. The van der Waals surface area contributed by atoms with E-state index >= 15 is 0 Å². The molecule has 1 atom stereocenters. The largest absolute Gasteiger partial charge is 0.493 e. The number of Topliss-reactive ketones (excluding diaryl/α,β-unsaturated/α-hetero) is 1. The van der Waals surface area contributed by atoms with Gasteiger partial charge in [0.1, 0.15) is 5.75 Å². The normalized spacial score (nSPS) is 22.9. The van der Waals surface area contributed by atoms with Crippen molar-refractivity contribution in [2.45, 2.75) is 31.7 Å². The van der Waals surface area contributed by atoms with Crippen LogP contribution in [0, 0.1) is 0 Å². The highest BCUT2D eigenvalue weighted by molar-refractivity contribution is 6.00. The van der Waals surface area contributed by atoms with E-state index in [1.165, 1.54) is 12.0 Å². The predicted octanol–water partition coefficient (Wildman–Crippen LogP) is 1.95. The van der Waals surface area contributed by atoms with Gasteiger partial charge < -0.3 is 10.1 Å². The number of carbonyl (C=O) groups excluding carboxylic acids is 1. The number of nitrogens with one attached hydrogen (secondary N) is 1. The van der Waals surface area contributed by atoms with Crippen molar-refractivity contribution in [3.05, 3.63) is 29.3 Å². The summed E-state index contributed by atoms with van der Waals surface area (Å²) >= 11 is 0. The first-order valence-electron chi connectivity index (χ1n) is 6.38. The van der Waals surface area contributed by atoms with Gasteiger partial charge in [-0.2, -0.15) is 0 Å². The van der Waals surface area contributed by atoms with Gasteiger partial charge in [-0.25, -0.2) is 0 Å². The molecule has 1 N–H and O–H groups in total. The van der Waals surface area contributed by atoms with E-state index in [2.05, 4.69) is 5.32 Å². The van der Waals surface area contributed by atoms with Crippen molar-refractivity contribution in [1.82, 2.24) is 5.32 Å². The molecule has 1 saturated heterocycles. The van der Waals surface area contributed by atoms with Gasteiger partial charge in [0, 0.05) is 12.0 Å². The number of ketones is 1. The molecule has 90 valence electrons. The van der Waals surface area contributed by atoms with Crippen molar-refractivity contribution in [1.29, 1.82) is 0 Å². The zero-order valence-electron chi connectivity index (χ0n) is 9.87. The summed E-state index contributed by atoms with van der Waals surface area (Å²) < 4.78 is 5.45. The van der Waals surface area contributed by atoms with Crippen LogP contribution in [0.1, 0.15) is 35.2 Å². The molecule has 0 amide bonds. The average Bonchev–Trinajstić information content (AvgIpc) is 2.86. The van der Waals surface area contributed by atoms with Crippen LogP contribution in [0.2, 0.25) is 0 Å². The molecule has 2 aliphatic rings. The van der Waals surface area contributed by atoms with E-state index in [-0.39, 0.29) is 11.8 Å². The van der Waals surface area contributed by atoms with Gasteiger partial charge in [-0.15, -0.1) is 0 Å². The van der Waals surface area contributed by atoms with Crippen molar-refractivity contribution in [3.63, 3.8) is 0 Å². The molecule has 3 heteroatoms. The van der Waals surface area contributed by atoms with E-state index in [4.69, 9.17) is 4.74 Å². The zero-order valence-corrected chi connectivity index (χ0v) is 9.87. The molecule has 3 nitrogen and oxygen atoms in total. The van der Waals surface area contributed by atoms with Crippen LogP contribution in [-0.4, -0.2) is 25.0 Å². The lowest BCUT2D eigenvalue weighted by Crippen LogP contribution is -2.40. The maximum absolute atomic E-state index is 12.3. The maximum atomic E-state index is 12.3. The van der Waals surface area contributed by atoms with Gasteiger partial charge >= 0.3 is 0 Å². The molecule has 0 spiro atoms. The van der Waals surface area contributed by atoms with E-state index in [0.29, 0.717) is 0 Å². The van der Waals surface area contributed by atoms with Gasteiger partial charge in [-0.05, 0) is 43.1 Å². The lowest BCUT2D eigenvalue weighted by Gasteiger charge is -2.22. The first-order chi connectivity index (χ1) is 8.34.